The molecule has 1 aromatic heterocycles. The topological polar surface area (TPSA) is 62.3 Å². The molecule has 0 aliphatic carbocycles. The fourth-order valence-corrected chi connectivity index (χ4v) is 4.84. The van der Waals surface area contributed by atoms with Crippen LogP contribution in [0.3, 0.4) is 0 Å². The molecule has 2 heterocycles. The van der Waals surface area contributed by atoms with Gasteiger partial charge in [-0.05, 0) is 30.9 Å². The molecule has 4 rings (SSSR count). The van der Waals surface area contributed by atoms with Gasteiger partial charge in [0.05, 0.1) is 12.1 Å². The lowest BCUT2D eigenvalue weighted by Crippen LogP contribution is -2.46. The molecule has 2 aromatic carbocycles. The molecule has 0 saturated carbocycles. The summed E-state index contributed by atoms with van der Waals surface area (Å²) in [6.45, 7) is 3.18. The molecule has 1 atom stereocenters. The van der Waals surface area contributed by atoms with Gasteiger partial charge in [0.1, 0.15) is 11.0 Å². The lowest BCUT2D eigenvalue weighted by molar-refractivity contribution is -0.137. The number of carbonyl (C=O) groups excluding carboxylic acids is 2. The molecule has 1 aliphatic heterocycles. The first kappa shape index (κ1) is 21.2. The summed E-state index contributed by atoms with van der Waals surface area (Å²) in [4.78, 5) is 32.0. The highest BCUT2D eigenvalue weighted by Crippen LogP contribution is 2.23. The standard InChI is InChI=1S/C25H27N3O2S/c1-18-8-5-6-11-20(18)16-23(29)28-15-7-12-22(28)24(30)26-14-13-21-17-31-25(27-21)19-9-3-2-4-10-19/h2-6,8-11,17,22H,7,12-16H2,1H3,(H,26,30)/t22-/m1/s1. The SMILES string of the molecule is Cc1ccccc1CC(=O)N1CCC[C@@H]1C(=O)NCCc1csc(-c2ccccc2)n1. The number of nitrogens with zero attached hydrogens (tertiary/aromatic N) is 2. The number of aryl methyl sites for hydroxylation is 1. The third-order valence-electron chi connectivity index (χ3n) is 5.73. The van der Waals surface area contributed by atoms with E-state index in [1.807, 2.05) is 66.9 Å². The molecule has 0 bridgehead atoms. The van der Waals surface area contributed by atoms with E-state index in [1.165, 1.54) is 0 Å². The number of amides is 2. The van der Waals surface area contributed by atoms with Crippen molar-refractivity contribution >= 4 is 23.2 Å². The Labute approximate surface area is 187 Å². The molecular weight excluding hydrogens is 406 g/mol. The Kier molecular flexibility index (Phi) is 6.77. The molecule has 0 unspecified atom stereocenters. The monoisotopic (exact) mass is 433 g/mol. The molecule has 3 aromatic rings. The number of aromatic nitrogens is 1. The maximum absolute atomic E-state index is 12.9. The molecule has 5 nitrogen and oxygen atoms in total. The van der Waals surface area contributed by atoms with E-state index in [0.717, 1.165) is 40.2 Å². The summed E-state index contributed by atoms with van der Waals surface area (Å²) in [5.41, 5.74) is 4.21. The normalized spacial score (nSPS) is 15.8. The van der Waals surface area contributed by atoms with Crippen LogP contribution in [0.5, 0.6) is 0 Å². The van der Waals surface area contributed by atoms with Crippen LogP contribution in [0.1, 0.15) is 29.7 Å². The van der Waals surface area contributed by atoms with Crippen LogP contribution in [0.15, 0.2) is 60.0 Å². The Morgan fingerprint density at radius 1 is 1.13 bits per heavy atom. The van der Waals surface area contributed by atoms with Crippen LogP contribution in [0.2, 0.25) is 0 Å². The largest absolute Gasteiger partial charge is 0.354 e. The summed E-state index contributed by atoms with van der Waals surface area (Å²) >= 11 is 1.62. The number of thiazole rings is 1. The zero-order valence-corrected chi connectivity index (χ0v) is 18.5. The Morgan fingerprint density at radius 2 is 1.90 bits per heavy atom. The first-order valence-electron chi connectivity index (χ1n) is 10.7. The summed E-state index contributed by atoms with van der Waals surface area (Å²) in [7, 11) is 0. The summed E-state index contributed by atoms with van der Waals surface area (Å²) in [5, 5.41) is 6.05. The molecular formula is C25H27N3O2S. The second kappa shape index (κ2) is 9.88. The van der Waals surface area contributed by atoms with E-state index >= 15 is 0 Å². The minimum absolute atomic E-state index is 0.0268. The van der Waals surface area contributed by atoms with Crippen molar-refractivity contribution in [2.45, 2.75) is 38.6 Å². The zero-order chi connectivity index (χ0) is 21.6. The number of nitrogens with one attached hydrogen (secondary N) is 1. The second-order valence-corrected chi connectivity index (χ2v) is 8.76. The van der Waals surface area contributed by atoms with Crippen molar-refractivity contribution in [3.05, 3.63) is 76.8 Å². The van der Waals surface area contributed by atoms with Gasteiger partial charge in [-0.25, -0.2) is 4.98 Å². The molecule has 1 saturated heterocycles. The number of rotatable bonds is 7. The van der Waals surface area contributed by atoms with Crippen LogP contribution in [-0.2, 0) is 22.4 Å². The predicted octanol–water partition coefficient (Wildman–Crippen LogP) is 4.01. The van der Waals surface area contributed by atoms with E-state index in [4.69, 9.17) is 0 Å². The van der Waals surface area contributed by atoms with Crippen molar-refractivity contribution in [2.75, 3.05) is 13.1 Å². The first-order valence-corrected chi connectivity index (χ1v) is 11.6. The second-order valence-electron chi connectivity index (χ2n) is 7.90. The lowest BCUT2D eigenvalue weighted by atomic mass is 10.0. The van der Waals surface area contributed by atoms with E-state index in [1.54, 1.807) is 16.2 Å². The summed E-state index contributed by atoms with van der Waals surface area (Å²) < 4.78 is 0. The Hall–Kier alpha value is -2.99. The Bertz CT molecular complexity index is 1050. The van der Waals surface area contributed by atoms with Crippen molar-refractivity contribution < 1.29 is 9.59 Å². The third-order valence-corrected chi connectivity index (χ3v) is 6.67. The highest BCUT2D eigenvalue weighted by Gasteiger charge is 2.33. The highest BCUT2D eigenvalue weighted by atomic mass is 32.1. The highest BCUT2D eigenvalue weighted by molar-refractivity contribution is 7.13. The van der Waals surface area contributed by atoms with Gasteiger partial charge in [0.25, 0.3) is 0 Å². The molecule has 1 N–H and O–H groups in total. The molecule has 6 heteroatoms. The van der Waals surface area contributed by atoms with E-state index in [-0.39, 0.29) is 17.9 Å². The Morgan fingerprint density at radius 3 is 2.71 bits per heavy atom. The predicted molar refractivity (Wildman–Crippen MR) is 124 cm³/mol. The average Bonchev–Trinajstić information content (AvgIpc) is 3.46. The minimum atomic E-state index is -0.369. The summed E-state index contributed by atoms with van der Waals surface area (Å²) in [6, 6.07) is 17.6. The number of likely N-dealkylation sites (tertiary alicyclic amines) is 1. The fourth-order valence-electron chi connectivity index (χ4n) is 3.98. The van der Waals surface area contributed by atoms with Crippen LogP contribution in [-0.4, -0.2) is 40.8 Å². The molecule has 160 valence electrons. The van der Waals surface area contributed by atoms with Crippen LogP contribution in [0, 0.1) is 6.92 Å². The van der Waals surface area contributed by atoms with Gasteiger partial charge >= 0.3 is 0 Å². The molecule has 0 spiro atoms. The fraction of sp³-hybridized carbons (Fsp3) is 0.320. The molecule has 0 radical (unpaired) electrons. The van der Waals surface area contributed by atoms with E-state index in [2.05, 4.69) is 10.3 Å². The quantitative estimate of drug-likeness (QED) is 0.612. The van der Waals surface area contributed by atoms with Gasteiger partial charge in [0, 0.05) is 30.5 Å². The van der Waals surface area contributed by atoms with Gasteiger partial charge in [0.2, 0.25) is 11.8 Å². The van der Waals surface area contributed by atoms with Crippen LogP contribution >= 0.6 is 11.3 Å². The maximum atomic E-state index is 12.9. The third kappa shape index (κ3) is 5.20. The van der Waals surface area contributed by atoms with Gasteiger partial charge < -0.3 is 10.2 Å². The molecule has 2 amide bonds. The number of carbonyl (C=O) groups is 2. The number of benzene rings is 2. The maximum Gasteiger partial charge on any atom is 0.242 e. The minimum Gasteiger partial charge on any atom is -0.354 e. The first-order chi connectivity index (χ1) is 15.1. The van der Waals surface area contributed by atoms with Crippen molar-refractivity contribution in [3.8, 4) is 10.6 Å². The van der Waals surface area contributed by atoms with E-state index in [9.17, 15) is 9.59 Å². The summed E-state index contributed by atoms with van der Waals surface area (Å²) in [6.07, 6.45) is 2.61. The average molecular weight is 434 g/mol. The van der Waals surface area contributed by atoms with Crippen molar-refractivity contribution in [1.82, 2.24) is 15.2 Å². The molecule has 1 aliphatic rings. The lowest BCUT2D eigenvalue weighted by Gasteiger charge is -2.24. The Balaban J connectivity index is 1.29. The van der Waals surface area contributed by atoms with Gasteiger partial charge in [-0.2, -0.15) is 0 Å². The van der Waals surface area contributed by atoms with Gasteiger partial charge in [-0.3, -0.25) is 9.59 Å². The van der Waals surface area contributed by atoms with Gasteiger partial charge in [-0.15, -0.1) is 11.3 Å². The van der Waals surface area contributed by atoms with Crippen molar-refractivity contribution in [3.63, 3.8) is 0 Å². The van der Waals surface area contributed by atoms with E-state index < -0.39 is 0 Å². The van der Waals surface area contributed by atoms with Gasteiger partial charge in [0.15, 0.2) is 0 Å². The van der Waals surface area contributed by atoms with Crippen LogP contribution in [0.4, 0.5) is 0 Å². The van der Waals surface area contributed by atoms with Gasteiger partial charge in [-0.1, -0.05) is 54.6 Å². The number of hydrogen-bond acceptors (Lipinski definition) is 4. The number of hydrogen-bond donors (Lipinski definition) is 1. The smallest absolute Gasteiger partial charge is 0.242 e. The van der Waals surface area contributed by atoms with Crippen molar-refractivity contribution in [2.24, 2.45) is 0 Å². The van der Waals surface area contributed by atoms with Crippen molar-refractivity contribution in [1.29, 1.82) is 0 Å². The van der Waals surface area contributed by atoms with Crippen LogP contribution < -0.4 is 5.32 Å². The van der Waals surface area contributed by atoms with Crippen LogP contribution in [0.25, 0.3) is 10.6 Å². The zero-order valence-electron chi connectivity index (χ0n) is 17.7. The molecule has 1 fully saturated rings. The summed E-state index contributed by atoms with van der Waals surface area (Å²) in [5.74, 6) is -0.0342. The van der Waals surface area contributed by atoms with E-state index in [0.29, 0.717) is 25.9 Å². The molecule has 31 heavy (non-hydrogen) atoms.